The topological polar surface area (TPSA) is 43.6 Å². The van der Waals surface area contributed by atoms with E-state index in [1.54, 1.807) is 0 Å². The van der Waals surface area contributed by atoms with Gasteiger partial charge in [-0.2, -0.15) is 0 Å². The minimum atomic E-state index is 0.633. The van der Waals surface area contributed by atoms with Crippen LogP contribution in [0.2, 0.25) is 0 Å². The number of hydrogen-bond donors (Lipinski definition) is 0. The lowest BCUT2D eigenvalue weighted by molar-refractivity contribution is 1.07. The van der Waals surface area contributed by atoms with E-state index in [4.69, 9.17) is 15.0 Å². The zero-order chi connectivity index (χ0) is 29.7. The second-order valence-corrected chi connectivity index (χ2v) is 11.3. The SMILES string of the molecule is c1ccc(-n2c3ccccc3c3ccccc32)c(-c2nc(-c3ccc4ccccc4c3)nc(-c3ccc4ccccc4c3)n2)c1. The molecular formula is C41H26N4. The summed E-state index contributed by atoms with van der Waals surface area (Å²) in [5, 5.41) is 7.09. The van der Waals surface area contributed by atoms with Crippen LogP contribution in [-0.2, 0) is 0 Å². The third kappa shape index (κ3) is 4.27. The molecule has 0 radical (unpaired) electrons. The Morgan fingerprint density at radius 3 is 1.38 bits per heavy atom. The molecule has 0 aliphatic rings. The molecule has 0 aliphatic heterocycles. The Hall–Kier alpha value is -6.13. The van der Waals surface area contributed by atoms with Crippen molar-refractivity contribution in [2.45, 2.75) is 0 Å². The number of fused-ring (bicyclic) bond motifs is 5. The van der Waals surface area contributed by atoms with Crippen LogP contribution < -0.4 is 0 Å². The summed E-state index contributed by atoms with van der Waals surface area (Å²) in [6.07, 6.45) is 0. The standard InChI is InChI=1S/C41H26N4/c1-3-13-29-25-31(23-21-27(29)11-1)39-42-40(32-24-22-28-12-2-4-14-30(28)26-32)44-41(43-39)35-17-7-10-20-38(35)45-36-18-8-5-15-33(36)34-16-6-9-19-37(34)45/h1-26H. The third-order valence-corrected chi connectivity index (χ3v) is 8.62. The summed E-state index contributed by atoms with van der Waals surface area (Å²) in [6.45, 7) is 0. The van der Waals surface area contributed by atoms with Crippen molar-refractivity contribution in [2.75, 3.05) is 0 Å². The fourth-order valence-corrected chi connectivity index (χ4v) is 6.45. The van der Waals surface area contributed by atoms with Gasteiger partial charge in [-0.15, -0.1) is 0 Å². The normalized spacial score (nSPS) is 11.6. The highest BCUT2D eigenvalue weighted by molar-refractivity contribution is 6.09. The highest BCUT2D eigenvalue weighted by atomic mass is 15.1. The molecule has 9 aromatic rings. The lowest BCUT2D eigenvalue weighted by atomic mass is 10.1. The van der Waals surface area contributed by atoms with E-state index >= 15 is 0 Å². The van der Waals surface area contributed by atoms with Crippen LogP contribution in [-0.4, -0.2) is 19.5 Å². The monoisotopic (exact) mass is 574 g/mol. The second-order valence-electron chi connectivity index (χ2n) is 11.3. The van der Waals surface area contributed by atoms with Crippen molar-refractivity contribution in [2.24, 2.45) is 0 Å². The zero-order valence-electron chi connectivity index (χ0n) is 24.3. The molecule has 7 aromatic carbocycles. The summed E-state index contributed by atoms with van der Waals surface area (Å²) in [4.78, 5) is 15.4. The molecular weight excluding hydrogens is 548 g/mol. The third-order valence-electron chi connectivity index (χ3n) is 8.62. The highest BCUT2D eigenvalue weighted by Gasteiger charge is 2.19. The molecule has 210 valence electrons. The van der Waals surface area contributed by atoms with E-state index in [1.165, 1.54) is 21.5 Å². The molecule has 2 heterocycles. The molecule has 4 heteroatoms. The second kappa shape index (κ2) is 10.2. The smallest absolute Gasteiger partial charge is 0.166 e. The van der Waals surface area contributed by atoms with Crippen molar-refractivity contribution in [1.82, 2.24) is 19.5 Å². The van der Waals surface area contributed by atoms with Crippen molar-refractivity contribution < 1.29 is 0 Å². The van der Waals surface area contributed by atoms with Crippen molar-refractivity contribution in [1.29, 1.82) is 0 Å². The van der Waals surface area contributed by atoms with E-state index in [0.717, 1.165) is 44.2 Å². The van der Waals surface area contributed by atoms with Gasteiger partial charge in [-0.3, -0.25) is 0 Å². The Balaban J connectivity index is 1.31. The average Bonchev–Trinajstić information content (AvgIpc) is 3.45. The van der Waals surface area contributed by atoms with Gasteiger partial charge in [0.15, 0.2) is 17.5 Å². The molecule has 4 nitrogen and oxygen atoms in total. The Kier molecular flexibility index (Phi) is 5.78. The van der Waals surface area contributed by atoms with E-state index in [9.17, 15) is 0 Å². The maximum Gasteiger partial charge on any atom is 0.166 e. The number of benzene rings is 7. The molecule has 0 aliphatic carbocycles. The fourth-order valence-electron chi connectivity index (χ4n) is 6.45. The zero-order valence-corrected chi connectivity index (χ0v) is 24.3. The predicted molar refractivity (Wildman–Crippen MR) is 185 cm³/mol. The Labute approximate surface area is 259 Å². The first-order valence-corrected chi connectivity index (χ1v) is 15.1. The summed E-state index contributed by atoms with van der Waals surface area (Å²) in [7, 11) is 0. The Morgan fingerprint density at radius 2 is 0.800 bits per heavy atom. The lowest BCUT2D eigenvalue weighted by Crippen LogP contribution is -2.03. The average molecular weight is 575 g/mol. The molecule has 2 aromatic heterocycles. The minimum Gasteiger partial charge on any atom is -0.309 e. The van der Waals surface area contributed by atoms with Gasteiger partial charge in [0.25, 0.3) is 0 Å². The number of aromatic nitrogens is 4. The molecule has 0 bridgehead atoms. The molecule has 45 heavy (non-hydrogen) atoms. The quantitative estimate of drug-likeness (QED) is 0.210. The molecule has 9 rings (SSSR count). The largest absolute Gasteiger partial charge is 0.309 e. The van der Waals surface area contributed by atoms with Crippen molar-refractivity contribution in [3.63, 3.8) is 0 Å². The number of nitrogens with zero attached hydrogens (tertiary/aromatic N) is 4. The van der Waals surface area contributed by atoms with Gasteiger partial charge in [-0.25, -0.2) is 15.0 Å². The maximum atomic E-state index is 5.16. The summed E-state index contributed by atoms with van der Waals surface area (Å²) >= 11 is 0. The molecule has 0 unspecified atom stereocenters. The van der Waals surface area contributed by atoms with E-state index in [1.807, 2.05) is 0 Å². The Bertz CT molecular complexity index is 2410. The van der Waals surface area contributed by atoms with Gasteiger partial charge in [0.2, 0.25) is 0 Å². The summed E-state index contributed by atoms with van der Waals surface area (Å²) < 4.78 is 2.33. The van der Waals surface area contributed by atoms with Crippen molar-refractivity contribution >= 4 is 43.4 Å². The first-order chi connectivity index (χ1) is 22.3. The van der Waals surface area contributed by atoms with Gasteiger partial charge in [-0.1, -0.05) is 121 Å². The Morgan fingerprint density at radius 1 is 0.356 bits per heavy atom. The molecule has 0 spiro atoms. The molecule has 0 atom stereocenters. The summed E-state index contributed by atoms with van der Waals surface area (Å²) in [5.74, 6) is 1.92. The van der Waals surface area contributed by atoms with Crippen LogP contribution in [0.1, 0.15) is 0 Å². The lowest BCUT2D eigenvalue weighted by Gasteiger charge is -2.14. The van der Waals surface area contributed by atoms with E-state index < -0.39 is 0 Å². The number of rotatable bonds is 4. The van der Waals surface area contributed by atoms with Gasteiger partial charge in [0.05, 0.1) is 16.7 Å². The van der Waals surface area contributed by atoms with E-state index in [-0.39, 0.29) is 0 Å². The van der Waals surface area contributed by atoms with Crippen LogP contribution in [0.3, 0.4) is 0 Å². The fraction of sp³-hybridized carbons (Fsp3) is 0. The number of para-hydroxylation sites is 3. The van der Waals surface area contributed by atoms with Crippen LogP contribution in [0.25, 0.3) is 83.2 Å². The van der Waals surface area contributed by atoms with Crippen LogP contribution in [0.15, 0.2) is 158 Å². The van der Waals surface area contributed by atoms with Crippen LogP contribution in [0, 0.1) is 0 Å². The summed E-state index contributed by atoms with van der Waals surface area (Å²) in [6, 6.07) is 55.1. The molecule has 0 fully saturated rings. The molecule has 0 amide bonds. The van der Waals surface area contributed by atoms with Crippen LogP contribution >= 0.6 is 0 Å². The maximum absolute atomic E-state index is 5.16. The van der Waals surface area contributed by atoms with Crippen LogP contribution in [0.5, 0.6) is 0 Å². The number of hydrogen-bond acceptors (Lipinski definition) is 3. The predicted octanol–water partition coefficient (Wildman–Crippen LogP) is 10.3. The first-order valence-electron chi connectivity index (χ1n) is 15.1. The van der Waals surface area contributed by atoms with Gasteiger partial charge in [0.1, 0.15) is 0 Å². The van der Waals surface area contributed by atoms with Gasteiger partial charge in [0, 0.05) is 27.5 Å². The molecule has 0 saturated carbocycles. The van der Waals surface area contributed by atoms with E-state index in [2.05, 4.69) is 162 Å². The van der Waals surface area contributed by atoms with Crippen molar-refractivity contribution in [3.8, 4) is 39.9 Å². The van der Waals surface area contributed by atoms with Crippen molar-refractivity contribution in [3.05, 3.63) is 158 Å². The van der Waals surface area contributed by atoms with E-state index in [0.29, 0.717) is 17.5 Å². The van der Waals surface area contributed by atoms with Gasteiger partial charge in [-0.05, 0) is 57.9 Å². The molecule has 0 N–H and O–H groups in total. The van der Waals surface area contributed by atoms with Gasteiger partial charge < -0.3 is 4.57 Å². The first kappa shape index (κ1) is 25.4. The highest BCUT2D eigenvalue weighted by Crippen LogP contribution is 2.36. The minimum absolute atomic E-state index is 0.633. The molecule has 0 saturated heterocycles. The summed E-state index contributed by atoms with van der Waals surface area (Å²) in [5.41, 5.74) is 6.15. The van der Waals surface area contributed by atoms with Gasteiger partial charge >= 0.3 is 0 Å². The van der Waals surface area contributed by atoms with Crippen LogP contribution in [0.4, 0.5) is 0 Å².